The van der Waals surface area contributed by atoms with Gasteiger partial charge in [-0.2, -0.15) is 0 Å². The van der Waals surface area contributed by atoms with Crippen LogP contribution in [0.1, 0.15) is 0 Å². The molecule has 1 aliphatic rings. The zero-order chi connectivity index (χ0) is 15.4. The lowest BCUT2D eigenvalue weighted by Crippen LogP contribution is -2.46. The molecule has 1 saturated heterocycles. The van der Waals surface area contributed by atoms with Crippen molar-refractivity contribution in [2.24, 2.45) is 0 Å². The number of nitrogens with one attached hydrogen (secondary N) is 1. The Morgan fingerprint density at radius 2 is 2.38 bits per heavy atom. The van der Waals surface area contributed by atoms with Crippen LogP contribution in [0.4, 0.5) is 10.1 Å². The number of thioether (sulfide) groups is 1. The summed E-state index contributed by atoms with van der Waals surface area (Å²) in [5, 5.41) is 3.26. The van der Waals surface area contributed by atoms with Gasteiger partial charge < -0.3 is 15.0 Å². The highest BCUT2D eigenvalue weighted by molar-refractivity contribution is 8.00. The summed E-state index contributed by atoms with van der Waals surface area (Å²) in [6, 6.07) is 4.31. The van der Waals surface area contributed by atoms with Crippen molar-refractivity contribution in [3.63, 3.8) is 0 Å². The van der Waals surface area contributed by atoms with Crippen molar-refractivity contribution in [1.29, 1.82) is 0 Å². The van der Waals surface area contributed by atoms with E-state index in [-0.39, 0.29) is 16.2 Å². The standard InChI is InChI=1S/C13H14ClFN2O2S2/c1-19-12(18)11-7-17(4-5-21-11)13(20)16-8-2-3-10(15)9(14)6-8/h2-3,6,11H,4-5,7H2,1H3,(H,16,20)/t11-/m0/s1. The van der Waals surface area contributed by atoms with Crippen LogP contribution in [0.3, 0.4) is 0 Å². The molecule has 0 radical (unpaired) electrons. The molecule has 0 bridgehead atoms. The number of benzene rings is 1. The number of esters is 1. The van der Waals surface area contributed by atoms with E-state index in [1.165, 1.54) is 19.2 Å². The molecule has 0 aliphatic carbocycles. The maximum Gasteiger partial charge on any atom is 0.320 e. The Morgan fingerprint density at radius 1 is 1.62 bits per heavy atom. The van der Waals surface area contributed by atoms with Crippen molar-refractivity contribution in [2.75, 3.05) is 31.3 Å². The largest absolute Gasteiger partial charge is 0.468 e. The predicted octanol–water partition coefficient (Wildman–Crippen LogP) is 2.77. The van der Waals surface area contributed by atoms with Crippen molar-refractivity contribution < 1.29 is 13.9 Å². The van der Waals surface area contributed by atoms with Crippen molar-refractivity contribution >= 4 is 52.3 Å². The number of carbonyl (C=O) groups excluding carboxylic acids is 1. The quantitative estimate of drug-likeness (QED) is 0.654. The van der Waals surface area contributed by atoms with Gasteiger partial charge >= 0.3 is 5.97 Å². The molecule has 1 atom stereocenters. The van der Waals surface area contributed by atoms with E-state index in [4.69, 9.17) is 28.6 Å². The molecule has 0 aromatic heterocycles. The zero-order valence-corrected chi connectivity index (χ0v) is 13.7. The van der Waals surface area contributed by atoms with Crippen LogP contribution in [-0.2, 0) is 9.53 Å². The molecule has 1 aliphatic heterocycles. The average molecular weight is 349 g/mol. The Balaban J connectivity index is 1.99. The third kappa shape index (κ3) is 4.21. The van der Waals surface area contributed by atoms with Crippen molar-refractivity contribution in [3.8, 4) is 0 Å². The first-order chi connectivity index (χ1) is 10.0. The molecular formula is C13H14ClFN2O2S2. The summed E-state index contributed by atoms with van der Waals surface area (Å²) in [5.74, 6) is 0.0526. The number of methoxy groups -OCH3 is 1. The molecule has 1 aromatic carbocycles. The van der Waals surface area contributed by atoms with Crippen LogP contribution >= 0.6 is 35.6 Å². The van der Waals surface area contributed by atoms with Gasteiger partial charge in [0.25, 0.3) is 0 Å². The van der Waals surface area contributed by atoms with Gasteiger partial charge in [0.15, 0.2) is 5.11 Å². The van der Waals surface area contributed by atoms with Gasteiger partial charge in [0.05, 0.1) is 12.1 Å². The maximum absolute atomic E-state index is 13.1. The second-order valence-corrected chi connectivity index (χ2v) is 6.49. The van der Waals surface area contributed by atoms with Crippen LogP contribution in [0, 0.1) is 5.82 Å². The molecule has 0 unspecified atom stereocenters. The summed E-state index contributed by atoms with van der Waals surface area (Å²) >= 11 is 12.6. The van der Waals surface area contributed by atoms with E-state index >= 15 is 0 Å². The van der Waals surface area contributed by atoms with E-state index in [1.54, 1.807) is 17.8 Å². The monoisotopic (exact) mass is 348 g/mol. The van der Waals surface area contributed by atoms with Crippen LogP contribution in [-0.4, -0.2) is 47.2 Å². The van der Waals surface area contributed by atoms with Gasteiger partial charge in [-0.1, -0.05) is 11.6 Å². The normalized spacial score (nSPS) is 18.2. The number of thiocarbonyl (C=S) groups is 1. The smallest absolute Gasteiger partial charge is 0.320 e. The Bertz CT molecular complexity index is 559. The van der Waals surface area contributed by atoms with E-state index in [0.29, 0.717) is 17.3 Å². The Kier molecular flexibility index (Phi) is 5.66. The van der Waals surface area contributed by atoms with Crippen molar-refractivity contribution in [1.82, 2.24) is 4.90 Å². The number of hydrogen-bond acceptors (Lipinski definition) is 4. The van der Waals surface area contributed by atoms with Gasteiger partial charge in [-0.25, -0.2) is 4.39 Å². The van der Waals surface area contributed by atoms with E-state index in [2.05, 4.69) is 5.32 Å². The fourth-order valence-corrected chi connectivity index (χ4v) is 3.48. The predicted molar refractivity (Wildman–Crippen MR) is 87.5 cm³/mol. The number of ether oxygens (including phenoxy) is 1. The molecule has 0 spiro atoms. The lowest BCUT2D eigenvalue weighted by Gasteiger charge is -2.33. The highest BCUT2D eigenvalue weighted by Crippen LogP contribution is 2.22. The van der Waals surface area contributed by atoms with Crippen molar-refractivity contribution in [2.45, 2.75) is 5.25 Å². The van der Waals surface area contributed by atoms with E-state index in [1.807, 2.05) is 4.90 Å². The topological polar surface area (TPSA) is 41.6 Å². The zero-order valence-electron chi connectivity index (χ0n) is 11.3. The lowest BCUT2D eigenvalue weighted by atomic mass is 10.3. The maximum atomic E-state index is 13.1. The molecule has 1 heterocycles. The minimum absolute atomic E-state index is 0.0319. The molecule has 1 N–H and O–H groups in total. The number of hydrogen-bond donors (Lipinski definition) is 1. The van der Waals surface area contributed by atoms with Crippen LogP contribution < -0.4 is 5.32 Å². The molecule has 2 rings (SSSR count). The van der Waals surface area contributed by atoms with Crippen LogP contribution in [0.15, 0.2) is 18.2 Å². The van der Waals surface area contributed by atoms with Gasteiger partial charge in [0.1, 0.15) is 11.1 Å². The Morgan fingerprint density at radius 3 is 3.05 bits per heavy atom. The summed E-state index contributed by atoms with van der Waals surface area (Å²) in [6.07, 6.45) is 0. The molecule has 114 valence electrons. The lowest BCUT2D eigenvalue weighted by molar-refractivity contribution is -0.140. The van der Waals surface area contributed by atoms with Gasteiger partial charge in [-0.3, -0.25) is 4.79 Å². The first kappa shape index (κ1) is 16.3. The fraction of sp³-hybridized carbons (Fsp3) is 0.385. The summed E-state index contributed by atoms with van der Waals surface area (Å²) in [4.78, 5) is 13.5. The third-order valence-electron chi connectivity index (χ3n) is 2.99. The number of rotatable bonds is 2. The van der Waals surface area contributed by atoms with Crippen LogP contribution in [0.25, 0.3) is 0 Å². The van der Waals surface area contributed by atoms with Gasteiger partial charge in [-0.05, 0) is 30.4 Å². The summed E-state index contributed by atoms with van der Waals surface area (Å²) in [5.41, 5.74) is 0.610. The highest BCUT2D eigenvalue weighted by atomic mass is 35.5. The second-order valence-electron chi connectivity index (χ2n) is 4.39. The van der Waals surface area contributed by atoms with Gasteiger partial charge in [0, 0.05) is 24.5 Å². The van der Waals surface area contributed by atoms with Gasteiger partial charge in [0.2, 0.25) is 0 Å². The Labute approximate surface area is 137 Å². The molecule has 8 heteroatoms. The molecule has 1 fully saturated rings. The van der Waals surface area contributed by atoms with Crippen LogP contribution in [0.2, 0.25) is 5.02 Å². The average Bonchev–Trinajstić information content (AvgIpc) is 2.50. The molecule has 1 aromatic rings. The number of halogens is 2. The second kappa shape index (κ2) is 7.29. The summed E-state index contributed by atoms with van der Waals surface area (Å²) < 4.78 is 17.9. The molecule has 4 nitrogen and oxygen atoms in total. The van der Waals surface area contributed by atoms with E-state index < -0.39 is 5.82 Å². The number of carbonyl (C=O) groups is 1. The molecule has 0 saturated carbocycles. The van der Waals surface area contributed by atoms with E-state index in [9.17, 15) is 9.18 Å². The number of nitrogens with zero attached hydrogens (tertiary/aromatic N) is 1. The van der Waals surface area contributed by atoms with Gasteiger partial charge in [-0.15, -0.1) is 11.8 Å². The first-order valence-corrected chi connectivity index (χ1v) is 8.05. The summed E-state index contributed by atoms with van der Waals surface area (Å²) in [7, 11) is 1.37. The van der Waals surface area contributed by atoms with E-state index in [0.717, 1.165) is 12.3 Å². The number of anilines is 1. The van der Waals surface area contributed by atoms with Crippen molar-refractivity contribution in [3.05, 3.63) is 29.0 Å². The molecule has 0 amide bonds. The van der Waals surface area contributed by atoms with Crippen LogP contribution in [0.5, 0.6) is 0 Å². The highest BCUT2D eigenvalue weighted by Gasteiger charge is 2.28. The molecule has 21 heavy (non-hydrogen) atoms. The summed E-state index contributed by atoms with van der Waals surface area (Å²) in [6.45, 7) is 1.22. The minimum Gasteiger partial charge on any atom is -0.468 e. The Hall–Kier alpha value is -1.05. The molecular weight excluding hydrogens is 335 g/mol. The fourth-order valence-electron chi connectivity index (χ4n) is 1.88. The third-order valence-corrected chi connectivity index (χ3v) is 4.80. The first-order valence-electron chi connectivity index (χ1n) is 6.21. The minimum atomic E-state index is -0.478. The SMILES string of the molecule is COC(=O)[C@@H]1CN(C(=S)Nc2ccc(F)c(Cl)c2)CCS1.